The lowest BCUT2D eigenvalue weighted by atomic mass is 10.0. The number of carbonyl (C=O) groups is 2. The van der Waals surface area contributed by atoms with Gasteiger partial charge in [-0.05, 0) is 62.2 Å². The van der Waals surface area contributed by atoms with E-state index < -0.39 is 40.2 Å². The minimum absolute atomic E-state index is 0.0256. The van der Waals surface area contributed by atoms with Gasteiger partial charge in [-0.3, -0.25) is 13.9 Å². The van der Waals surface area contributed by atoms with E-state index in [1.54, 1.807) is 55.5 Å². The number of benzene rings is 4. The van der Waals surface area contributed by atoms with Gasteiger partial charge in [-0.2, -0.15) is 0 Å². The van der Waals surface area contributed by atoms with Crippen molar-refractivity contribution in [2.75, 3.05) is 17.4 Å². The van der Waals surface area contributed by atoms with Crippen molar-refractivity contribution in [2.45, 2.75) is 44.7 Å². The highest BCUT2D eigenvalue weighted by Crippen LogP contribution is 2.26. The second-order valence-corrected chi connectivity index (χ2v) is 12.2. The number of nitrogens with one attached hydrogen (secondary N) is 1. The van der Waals surface area contributed by atoms with Crippen LogP contribution in [0, 0.1) is 19.7 Å². The molecule has 4 aromatic rings. The van der Waals surface area contributed by atoms with Crippen LogP contribution in [0.5, 0.6) is 0 Å². The first kappa shape index (κ1) is 31.4. The van der Waals surface area contributed by atoms with Crippen molar-refractivity contribution in [2.24, 2.45) is 0 Å². The second kappa shape index (κ2) is 14.1. The number of anilines is 1. The van der Waals surface area contributed by atoms with Crippen LogP contribution in [0.3, 0.4) is 0 Å². The predicted octanol–water partition coefficient (Wildman–Crippen LogP) is 5.41. The summed E-state index contributed by atoms with van der Waals surface area (Å²) in [5.74, 6) is -1.59. The van der Waals surface area contributed by atoms with Crippen LogP contribution >= 0.6 is 0 Å². The highest BCUT2D eigenvalue weighted by atomic mass is 32.2. The summed E-state index contributed by atoms with van der Waals surface area (Å²) >= 11 is 0. The number of hydrogen-bond acceptors (Lipinski definition) is 4. The van der Waals surface area contributed by atoms with Crippen molar-refractivity contribution in [3.63, 3.8) is 0 Å². The smallest absolute Gasteiger partial charge is 0.264 e. The molecule has 0 aliphatic heterocycles. The summed E-state index contributed by atoms with van der Waals surface area (Å²) in [5.41, 5.74) is 3.01. The van der Waals surface area contributed by atoms with Gasteiger partial charge in [0.25, 0.3) is 10.0 Å². The number of hydrogen-bond donors (Lipinski definition) is 1. The fraction of sp³-hybridized carbons (Fsp3) is 0.235. The summed E-state index contributed by atoms with van der Waals surface area (Å²) in [6.07, 6.45) is 0.155. The third-order valence-corrected chi connectivity index (χ3v) is 8.89. The standard InChI is InChI=1S/C34H36FN3O4S/c1-4-36-34(40)32(22-27-12-6-5-7-13-27)37(23-28-14-8-9-16-31(28)35)33(39)24-38(29-15-10-11-26(3)21-29)43(41,42)30-19-17-25(2)18-20-30/h5-21,32H,4,22-24H2,1-3H3,(H,36,40). The topological polar surface area (TPSA) is 86.8 Å². The Morgan fingerprint density at radius 1 is 0.837 bits per heavy atom. The predicted molar refractivity (Wildman–Crippen MR) is 166 cm³/mol. The lowest BCUT2D eigenvalue weighted by Crippen LogP contribution is -2.53. The van der Waals surface area contributed by atoms with E-state index in [1.807, 2.05) is 50.2 Å². The molecule has 1 unspecified atom stereocenters. The summed E-state index contributed by atoms with van der Waals surface area (Å²) in [6.45, 7) is 4.95. The molecule has 1 N–H and O–H groups in total. The Labute approximate surface area is 253 Å². The molecule has 0 saturated carbocycles. The van der Waals surface area contributed by atoms with Crippen molar-refractivity contribution in [3.8, 4) is 0 Å². The maximum Gasteiger partial charge on any atom is 0.264 e. The summed E-state index contributed by atoms with van der Waals surface area (Å²) in [7, 11) is -4.20. The zero-order chi connectivity index (χ0) is 31.0. The third kappa shape index (κ3) is 7.87. The van der Waals surface area contributed by atoms with E-state index in [0.29, 0.717) is 12.2 Å². The van der Waals surface area contributed by atoms with Crippen LogP contribution in [-0.2, 0) is 32.6 Å². The van der Waals surface area contributed by atoms with E-state index in [0.717, 1.165) is 21.0 Å². The average molecular weight is 602 g/mol. The molecule has 224 valence electrons. The molecule has 0 fully saturated rings. The van der Waals surface area contributed by atoms with Gasteiger partial charge in [0.15, 0.2) is 0 Å². The Balaban J connectivity index is 1.80. The van der Waals surface area contributed by atoms with Gasteiger partial charge in [0.1, 0.15) is 18.4 Å². The van der Waals surface area contributed by atoms with Gasteiger partial charge < -0.3 is 10.2 Å². The summed E-state index contributed by atoms with van der Waals surface area (Å²) in [5, 5.41) is 2.80. The van der Waals surface area contributed by atoms with Crippen molar-refractivity contribution in [3.05, 3.63) is 131 Å². The molecule has 43 heavy (non-hydrogen) atoms. The Hall–Kier alpha value is -4.50. The summed E-state index contributed by atoms with van der Waals surface area (Å²) in [6, 6.07) is 27.5. The molecule has 0 radical (unpaired) electrons. The molecule has 0 saturated heterocycles. The molecule has 0 heterocycles. The minimum Gasteiger partial charge on any atom is -0.355 e. The maximum atomic E-state index is 14.9. The zero-order valence-corrected chi connectivity index (χ0v) is 25.4. The lowest BCUT2D eigenvalue weighted by Gasteiger charge is -2.34. The molecule has 0 aromatic heterocycles. The number of carbonyl (C=O) groups excluding carboxylic acids is 2. The van der Waals surface area contributed by atoms with Gasteiger partial charge in [0, 0.05) is 25.1 Å². The number of amides is 2. The van der Waals surface area contributed by atoms with E-state index >= 15 is 0 Å². The molecule has 0 aliphatic rings. The Kier molecular flexibility index (Phi) is 10.3. The first-order valence-corrected chi connectivity index (χ1v) is 15.5. The lowest BCUT2D eigenvalue weighted by molar-refractivity contribution is -0.140. The van der Waals surface area contributed by atoms with Crippen LogP contribution in [0.1, 0.15) is 29.2 Å². The van der Waals surface area contributed by atoms with Crippen molar-refractivity contribution < 1.29 is 22.4 Å². The Bertz CT molecular complexity index is 1660. The van der Waals surface area contributed by atoms with Crippen LogP contribution in [0.2, 0.25) is 0 Å². The van der Waals surface area contributed by atoms with E-state index in [2.05, 4.69) is 5.32 Å². The van der Waals surface area contributed by atoms with Crippen LogP contribution in [0.15, 0.2) is 108 Å². The van der Waals surface area contributed by atoms with Gasteiger partial charge >= 0.3 is 0 Å². The van der Waals surface area contributed by atoms with E-state index in [4.69, 9.17) is 0 Å². The largest absolute Gasteiger partial charge is 0.355 e. The SMILES string of the molecule is CCNC(=O)C(Cc1ccccc1)N(Cc1ccccc1F)C(=O)CN(c1cccc(C)c1)S(=O)(=O)c1ccc(C)cc1. The highest BCUT2D eigenvalue weighted by Gasteiger charge is 2.34. The van der Waals surface area contributed by atoms with E-state index in [-0.39, 0.29) is 23.4 Å². The molecule has 0 spiro atoms. The molecule has 2 amide bonds. The first-order chi connectivity index (χ1) is 20.6. The van der Waals surface area contributed by atoms with Gasteiger partial charge in [-0.1, -0.05) is 78.4 Å². The molecule has 1 atom stereocenters. The molecule has 0 bridgehead atoms. The van der Waals surface area contributed by atoms with E-state index in [9.17, 15) is 22.4 Å². The molecular weight excluding hydrogens is 565 g/mol. The number of nitrogens with zero attached hydrogens (tertiary/aromatic N) is 2. The fourth-order valence-corrected chi connectivity index (χ4v) is 6.21. The van der Waals surface area contributed by atoms with Gasteiger partial charge in [0.05, 0.1) is 10.6 Å². The number of likely N-dealkylation sites (N-methyl/N-ethyl adjacent to an activating group) is 1. The van der Waals surface area contributed by atoms with Gasteiger partial charge in [0.2, 0.25) is 11.8 Å². The number of aryl methyl sites for hydroxylation is 2. The van der Waals surface area contributed by atoms with Crippen LogP contribution in [0.25, 0.3) is 0 Å². The van der Waals surface area contributed by atoms with E-state index in [1.165, 1.54) is 23.1 Å². The average Bonchev–Trinajstić information content (AvgIpc) is 2.99. The van der Waals surface area contributed by atoms with Crippen molar-refractivity contribution in [1.29, 1.82) is 0 Å². The maximum absolute atomic E-state index is 14.9. The highest BCUT2D eigenvalue weighted by molar-refractivity contribution is 7.92. The monoisotopic (exact) mass is 601 g/mol. The number of sulfonamides is 1. The molecule has 7 nitrogen and oxygen atoms in total. The normalized spacial score (nSPS) is 11.9. The van der Waals surface area contributed by atoms with Gasteiger partial charge in [-0.25, -0.2) is 12.8 Å². The molecular formula is C34H36FN3O4S. The molecule has 4 aromatic carbocycles. The number of halogens is 1. The zero-order valence-electron chi connectivity index (χ0n) is 24.5. The molecule has 0 aliphatic carbocycles. The van der Waals surface area contributed by atoms with Crippen molar-refractivity contribution in [1.82, 2.24) is 10.2 Å². The first-order valence-electron chi connectivity index (χ1n) is 14.1. The van der Waals surface area contributed by atoms with Gasteiger partial charge in [-0.15, -0.1) is 0 Å². The molecule has 4 rings (SSSR count). The minimum atomic E-state index is -4.20. The second-order valence-electron chi connectivity index (χ2n) is 10.4. The Morgan fingerprint density at radius 3 is 2.16 bits per heavy atom. The number of rotatable bonds is 12. The Morgan fingerprint density at radius 2 is 1.51 bits per heavy atom. The van der Waals surface area contributed by atoms with Crippen LogP contribution in [-0.4, -0.2) is 44.3 Å². The summed E-state index contributed by atoms with van der Waals surface area (Å²) in [4.78, 5) is 29.1. The molecule has 9 heteroatoms. The quantitative estimate of drug-likeness (QED) is 0.235. The van der Waals surface area contributed by atoms with Crippen LogP contribution < -0.4 is 9.62 Å². The fourth-order valence-electron chi connectivity index (χ4n) is 4.81. The van der Waals surface area contributed by atoms with Crippen molar-refractivity contribution >= 4 is 27.5 Å². The van der Waals surface area contributed by atoms with Crippen LogP contribution in [0.4, 0.5) is 10.1 Å². The third-order valence-electron chi connectivity index (χ3n) is 7.10. The summed E-state index contributed by atoms with van der Waals surface area (Å²) < 4.78 is 44.1.